The third kappa shape index (κ3) is 2.65. The molecule has 1 aliphatic heterocycles. The van der Waals surface area contributed by atoms with Crippen molar-refractivity contribution in [3.05, 3.63) is 105 Å². The molecular formula is C22H14N2O2S2. The van der Waals surface area contributed by atoms with E-state index in [1.54, 1.807) is 23.9 Å². The van der Waals surface area contributed by atoms with Crippen LogP contribution in [0.3, 0.4) is 0 Å². The van der Waals surface area contributed by atoms with E-state index >= 15 is 0 Å². The first-order valence-electron chi connectivity index (χ1n) is 8.79. The largest absolute Gasteiger partial charge is 0.354 e. The highest BCUT2D eigenvalue weighted by Crippen LogP contribution is 2.52. The molecule has 1 aliphatic carbocycles. The van der Waals surface area contributed by atoms with Crippen LogP contribution in [0.15, 0.2) is 83.3 Å². The summed E-state index contributed by atoms with van der Waals surface area (Å²) >= 11 is 7.59. The number of nitro groups is 1. The van der Waals surface area contributed by atoms with Gasteiger partial charge < -0.3 is 5.32 Å². The van der Waals surface area contributed by atoms with E-state index in [-0.39, 0.29) is 15.9 Å². The van der Waals surface area contributed by atoms with Crippen LogP contribution in [0.4, 0.5) is 11.4 Å². The second kappa shape index (κ2) is 6.58. The SMILES string of the molecule is O=[N+]([O-])c1ccc(C2Sc3ccccc3NC3=C2C(=S)c2ccccc23)cc1. The minimum absolute atomic E-state index is 0.0492. The number of hydrogen-bond donors (Lipinski definition) is 1. The van der Waals surface area contributed by atoms with Gasteiger partial charge in [-0.15, -0.1) is 11.8 Å². The quantitative estimate of drug-likeness (QED) is 0.324. The third-order valence-corrected chi connectivity index (χ3v) is 6.81. The summed E-state index contributed by atoms with van der Waals surface area (Å²) in [5.41, 5.74) is 6.38. The molecule has 0 amide bonds. The molecule has 3 aromatic carbocycles. The number of benzene rings is 3. The summed E-state index contributed by atoms with van der Waals surface area (Å²) in [6.07, 6.45) is 0. The molecule has 0 bridgehead atoms. The smallest absolute Gasteiger partial charge is 0.269 e. The van der Waals surface area contributed by atoms with Crippen molar-refractivity contribution in [2.45, 2.75) is 10.1 Å². The number of thiocarbonyl (C=S) groups is 1. The average Bonchev–Trinajstić information content (AvgIpc) is 2.89. The molecule has 5 rings (SSSR count). The van der Waals surface area contributed by atoms with Crippen LogP contribution in [0.2, 0.25) is 0 Å². The molecule has 0 fully saturated rings. The molecule has 0 saturated carbocycles. The van der Waals surface area contributed by atoms with Crippen LogP contribution in [-0.4, -0.2) is 9.79 Å². The lowest BCUT2D eigenvalue weighted by atomic mass is 10.0. The van der Waals surface area contributed by atoms with Crippen molar-refractivity contribution in [3.8, 4) is 0 Å². The Kier molecular flexibility index (Phi) is 4.03. The number of rotatable bonds is 2. The lowest BCUT2D eigenvalue weighted by Gasteiger charge is -2.18. The van der Waals surface area contributed by atoms with E-state index in [0.29, 0.717) is 0 Å². The van der Waals surface area contributed by atoms with Gasteiger partial charge in [0, 0.05) is 33.7 Å². The highest BCUT2D eigenvalue weighted by molar-refractivity contribution is 8.00. The van der Waals surface area contributed by atoms with E-state index in [9.17, 15) is 10.1 Å². The second-order valence-electron chi connectivity index (χ2n) is 6.63. The molecule has 1 N–H and O–H groups in total. The van der Waals surface area contributed by atoms with E-state index in [4.69, 9.17) is 12.2 Å². The normalized spacial score (nSPS) is 17.3. The molecule has 6 heteroatoms. The van der Waals surface area contributed by atoms with Gasteiger partial charge in [0.1, 0.15) is 0 Å². The van der Waals surface area contributed by atoms with Crippen LogP contribution in [0.1, 0.15) is 21.9 Å². The van der Waals surface area contributed by atoms with Crippen molar-refractivity contribution in [1.82, 2.24) is 0 Å². The van der Waals surface area contributed by atoms with Gasteiger partial charge in [-0.3, -0.25) is 10.1 Å². The van der Waals surface area contributed by atoms with Gasteiger partial charge in [-0.05, 0) is 17.7 Å². The second-order valence-corrected chi connectivity index (χ2v) is 8.19. The van der Waals surface area contributed by atoms with E-state index in [1.807, 2.05) is 36.4 Å². The third-order valence-electron chi connectivity index (χ3n) is 5.02. The lowest BCUT2D eigenvalue weighted by molar-refractivity contribution is -0.384. The summed E-state index contributed by atoms with van der Waals surface area (Å²) in [5, 5.41) is 14.6. The van der Waals surface area contributed by atoms with Gasteiger partial charge in [-0.1, -0.05) is 60.7 Å². The highest BCUT2D eigenvalue weighted by atomic mass is 32.2. The summed E-state index contributed by atoms with van der Waals surface area (Å²) in [4.78, 5) is 12.6. The van der Waals surface area contributed by atoms with Gasteiger partial charge in [-0.2, -0.15) is 0 Å². The standard InChI is InChI=1S/C22H14N2O2S2/c25-24(26)14-11-9-13(10-12-14)22-19-20(15-5-1-2-6-16(15)21(19)27)23-17-7-3-4-8-18(17)28-22/h1-12,22-23H. The van der Waals surface area contributed by atoms with Crippen LogP contribution in [0.5, 0.6) is 0 Å². The fourth-order valence-corrected chi connectivity index (χ4v) is 5.46. The minimum atomic E-state index is -0.373. The van der Waals surface area contributed by atoms with E-state index in [1.165, 1.54) is 0 Å². The van der Waals surface area contributed by atoms with Gasteiger partial charge in [0.25, 0.3) is 5.69 Å². The Bertz CT molecular complexity index is 1170. The van der Waals surface area contributed by atoms with Gasteiger partial charge in [-0.25, -0.2) is 0 Å². The van der Waals surface area contributed by atoms with Gasteiger partial charge in [0.05, 0.1) is 26.4 Å². The first kappa shape index (κ1) is 17.2. The molecule has 1 unspecified atom stereocenters. The topological polar surface area (TPSA) is 55.2 Å². The minimum Gasteiger partial charge on any atom is -0.354 e. The van der Waals surface area contributed by atoms with Crippen molar-refractivity contribution in [2.24, 2.45) is 0 Å². The molecule has 136 valence electrons. The van der Waals surface area contributed by atoms with E-state index in [2.05, 4.69) is 29.6 Å². The summed E-state index contributed by atoms with van der Waals surface area (Å²) in [6.45, 7) is 0. The van der Waals surface area contributed by atoms with Crippen molar-refractivity contribution in [3.63, 3.8) is 0 Å². The molecule has 0 saturated heterocycles. The van der Waals surface area contributed by atoms with Gasteiger partial charge in [0.2, 0.25) is 0 Å². The Hall–Kier alpha value is -2.96. The van der Waals surface area contributed by atoms with Crippen molar-refractivity contribution < 1.29 is 4.92 Å². The first-order chi connectivity index (χ1) is 13.6. The van der Waals surface area contributed by atoms with Crippen LogP contribution >= 0.6 is 24.0 Å². The zero-order valence-corrected chi connectivity index (χ0v) is 16.2. The number of anilines is 1. The molecule has 28 heavy (non-hydrogen) atoms. The zero-order chi connectivity index (χ0) is 19.3. The van der Waals surface area contributed by atoms with E-state index < -0.39 is 0 Å². The Balaban J connectivity index is 1.70. The molecule has 3 aromatic rings. The lowest BCUT2D eigenvalue weighted by Crippen LogP contribution is -2.06. The fraction of sp³-hybridized carbons (Fsp3) is 0.0455. The molecule has 0 spiro atoms. The number of nitro benzene ring substituents is 1. The molecule has 0 aromatic heterocycles. The predicted molar refractivity (Wildman–Crippen MR) is 117 cm³/mol. The fourth-order valence-electron chi connectivity index (χ4n) is 3.69. The molecule has 1 heterocycles. The van der Waals surface area contributed by atoms with Crippen molar-refractivity contribution in [2.75, 3.05) is 5.32 Å². The number of nitrogens with zero attached hydrogens (tertiary/aromatic N) is 1. The van der Waals surface area contributed by atoms with Crippen LogP contribution in [-0.2, 0) is 0 Å². The summed E-state index contributed by atoms with van der Waals surface area (Å²) in [5.74, 6) is 0. The summed E-state index contributed by atoms with van der Waals surface area (Å²) in [7, 11) is 0. The Morgan fingerprint density at radius 2 is 1.61 bits per heavy atom. The predicted octanol–water partition coefficient (Wildman–Crippen LogP) is 6.00. The van der Waals surface area contributed by atoms with Gasteiger partial charge >= 0.3 is 0 Å². The highest BCUT2D eigenvalue weighted by Gasteiger charge is 2.35. The number of para-hydroxylation sites is 1. The number of nitrogens with one attached hydrogen (secondary N) is 1. The molecule has 0 radical (unpaired) electrons. The van der Waals surface area contributed by atoms with Crippen LogP contribution in [0, 0.1) is 10.1 Å². The average molecular weight is 403 g/mol. The van der Waals surface area contributed by atoms with E-state index in [0.717, 1.165) is 43.4 Å². The summed E-state index contributed by atoms with van der Waals surface area (Å²) in [6, 6.07) is 23.1. The molecule has 2 aliphatic rings. The van der Waals surface area contributed by atoms with Crippen molar-refractivity contribution >= 4 is 45.9 Å². The number of hydrogen-bond acceptors (Lipinski definition) is 5. The maximum atomic E-state index is 11.1. The monoisotopic (exact) mass is 402 g/mol. The first-order valence-corrected chi connectivity index (χ1v) is 10.1. The number of thioether (sulfide) groups is 1. The summed E-state index contributed by atoms with van der Waals surface area (Å²) < 4.78 is 0. The molecule has 1 atom stereocenters. The van der Waals surface area contributed by atoms with Crippen LogP contribution < -0.4 is 5.32 Å². The maximum absolute atomic E-state index is 11.1. The Morgan fingerprint density at radius 3 is 2.36 bits per heavy atom. The van der Waals surface area contributed by atoms with Crippen LogP contribution in [0.25, 0.3) is 5.70 Å². The molecular weight excluding hydrogens is 388 g/mol. The molecule has 4 nitrogen and oxygen atoms in total. The Morgan fingerprint density at radius 1 is 0.929 bits per heavy atom. The Labute approximate surface area is 171 Å². The maximum Gasteiger partial charge on any atom is 0.269 e. The number of non-ortho nitro benzene ring substituents is 1. The van der Waals surface area contributed by atoms with Crippen molar-refractivity contribution in [1.29, 1.82) is 0 Å². The van der Waals surface area contributed by atoms with Gasteiger partial charge in [0.15, 0.2) is 0 Å². The number of fused-ring (bicyclic) bond motifs is 3. The zero-order valence-electron chi connectivity index (χ0n) is 14.6.